The number of carbonyl (C=O) groups excluding carboxylic acids is 3. The van der Waals surface area contributed by atoms with E-state index >= 15 is 0 Å². The molecule has 2 aromatic carbocycles. The predicted octanol–water partition coefficient (Wildman–Crippen LogP) is 3.01. The average molecular weight is 537 g/mol. The number of aromatic carboxylic acids is 1. The fourth-order valence-electron chi connectivity index (χ4n) is 3.84. The first kappa shape index (κ1) is 28.5. The Labute approximate surface area is 222 Å². The fourth-order valence-corrected chi connectivity index (χ4v) is 4.81. The summed E-state index contributed by atoms with van der Waals surface area (Å²) in [5.41, 5.74) is 1.22. The number of nitrogens with one attached hydrogen (secondary N) is 2. The van der Waals surface area contributed by atoms with E-state index in [1.54, 1.807) is 0 Å². The summed E-state index contributed by atoms with van der Waals surface area (Å²) < 4.78 is 27.8. The number of nitrogens with zero attached hydrogens (tertiary/aromatic N) is 1. The minimum Gasteiger partial charge on any atom is -0.543 e. The van der Waals surface area contributed by atoms with E-state index in [0.717, 1.165) is 37.4 Å². The molecule has 0 aliphatic rings. The van der Waals surface area contributed by atoms with Gasteiger partial charge in [-0.1, -0.05) is 62.9 Å². The maximum atomic E-state index is 12.9. The van der Waals surface area contributed by atoms with Gasteiger partial charge in [0.25, 0.3) is 21.8 Å². The number of carboxylic acid groups (broad SMARTS) is 1. The maximum Gasteiger partial charge on any atom is 0.266 e. The van der Waals surface area contributed by atoms with Crippen molar-refractivity contribution in [2.24, 2.45) is 0 Å². The van der Waals surface area contributed by atoms with Crippen molar-refractivity contribution < 1.29 is 27.9 Å². The minimum absolute atomic E-state index is 0.0222. The van der Waals surface area contributed by atoms with Gasteiger partial charge in [-0.05, 0) is 54.3 Å². The standard InChI is InChI=1S/C28H31N3O6S/c1-2-3-4-5-9-12-22-17-25(28(34)35)29-19-24(22)27(33)31-38(36,37)23-15-13-21(14-16-23)26(32)30-18-20-10-7-6-8-11-20/h6-8,10-11,13-17,19H,2-5,9,12,18H2,1H3,(H,30,32)(H,31,33)(H,34,35)/p-1. The molecule has 0 atom stereocenters. The second kappa shape index (κ2) is 13.5. The molecule has 200 valence electrons. The third-order valence-corrected chi connectivity index (χ3v) is 7.29. The zero-order chi connectivity index (χ0) is 27.5. The zero-order valence-corrected chi connectivity index (χ0v) is 21.9. The predicted molar refractivity (Wildman–Crippen MR) is 140 cm³/mol. The van der Waals surface area contributed by atoms with Crippen molar-refractivity contribution in [2.45, 2.75) is 56.9 Å². The monoisotopic (exact) mass is 536 g/mol. The summed E-state index contributed by atoms with van der Waals surface area (Å²) in [5.74, 6) is -2.77. The van der Waals surface area contributed by atoms with Crippen LogP contribution in [-0.2, 0) is 23.0 Å². The van der Waals surface area contributed by atoms with Gasteiger partial charge in [0, 0.05) is 18.3 Å². The minimum atomic E-state index is -4.27. The Morgan fingerprint density at radius 3 is 2.24 bits per heavy atom. The highest BCUT2D eigenvalue weighted by Crippen LogP contribution is 2.17. The molecule has 10 heteroatoms. The van der Waals surface area contributed by atoms with E-state index in [2.05, 4.69) is 17.2 Å². The lowest BCUT2D eigenvalue weighted by Crippen LogP contribution is -2.32. The van der Waals surface area contributed by atoms with E-state index < -0.39 is 21.9 Å². The van der Waals surface area contributed by atoms with Crippen molar-refractivity contribution in [3.63, 3.8) is 0 Å². The zero-order valence-electron chi connectivity index (χ0n) is 21.1. The average Bonchev–Trinajstić information content (AvgIpc) is 2.91. The number of pyridine rings is 1. The number of hydrogen-bond acceptors (Lipinski definition) is 7. The Morgan fingerprint density at radius 2 is 1.58 bits per heavy atom. The number of benzene rings is 2. The van der Waals surface area contributed by atoms with Gasteiger partial charge in [-0.25, -0.2) is 13.1 Å². The normalized spacial score (nSPS) is 11.1. The molecule has 0 bridgehead atoms. The molecule has 38 heavy (non-hydrogen) atoms. The molecular formula is C28H30N3O6S-. The van der Waals surface area contributed by atoms with Crippen LogP contribution >= 0.6 is 0 Å². The van der Waals surface area contributed by atoms with E-state index in [1.807, 2.05) is 35.1 Å². The summed E-state index contributed by atoms with van der Waals surface area (Å²) >= 11 is 0. The summed E-state index contributed by atoms with van der Waals surface area (Å²) in [6.45, 7) is 2.41. The van der Waals surface area contributed by atoms with Gasteiger partial charge in [0.2, 0.25) is 0 Å². The molecule has 0 saturated heterocycles. The molecule has 1 heterocycles. The van der Waals surface area contributed by atoms with Crippen LogP contribution in [0.25, 0.3) is 0 Å². The molecule has 0 unspecified atom stereocenters. The second-order valence-electron chi connectivity index (χ2n) is 8.81. The Morgan fingerprint density at radius 1 is 0.895 bits per heavy atom. The fraction of sp³-hybridized carbons (Fsp3) is 0.286. The highest BCUT2D eigenvalue weighted by molar-refractivity contribution is 7.90. The molecule has 0 saturated carbocycles. The lowest BCUT2D eigenvalue weighted by Gasteiger charge is -2.13. The van der Waals surface area contributed by atoms with Crippen LogP contribution in [0.3, 0.4) is 0 Å². The van der Waals surface area contributed by atoms with Crippen molar-refractivity contribution in [1.29, 1.82) is 0 Å². The summed E-state index contributed by atoms with van der Waals surface area (Å²) in [5, 5.41) is 14.0. The van der Waals surface area contributed by atoms with E-state index in [1.165, 1.54) is 30.3 Å². The van der Waals surface area contributed by atoms with Crippen LogP contribution in [0.2, 0.25) is 0 Å². The third-order valence-electron chi connectivity index (χ3n) is 5.94. The Hall–Kier alpha value is -4.05. The number of unbranched alkanes of at least 4 members (excludes halogenated alkanes) is 4. The van der Waals surface area contributed by atoms with Crippen molar-refractivity contribution in [3.05, 3.63) is 94.8 Å². The number of carboxylic acids is 1. The van der Waals surface area contributed by atoms with Crippen LogP contribution in [0, 0.1) is 0 Å². The number of amides is 2. The first-order valence-electron chi connectivity index (χ1n) is 12.4. The summed E-state index contributed by atoms with van der Waals surface area (Å²) in [6.07, 6.45) is 6.18. The van der Waals surface area contributed by atoms with Gasteiger partial charge in [0.15, 0.2) is 0 Å². The van der Waals surface area contributed by atoms with Crippen LogP contribution in [0.15, 0.2) is 71.8 Å². The molecule has 9 nitrogen and oxygen atoms in total. The maximum absolute atomic E-state index is 12.9. The summed E-state index contributed by atoms with van der Waals surface area (Å²) in [7, 11) is -4.27. The molecule has 0 radical (unpaired) electrons. The first-order chi connectivity index (χ1) is 18.2. The number of carbonyl (C=O) groups is 3. The molecule has 0 fully saturated rings. The van der Waals surface area contributed by atoms with E-state index in [-0.39, 0.29) is 27.6 Å². The quantitative estimate of drug-likeness (QED) is 0.319. The van der Waals surface area contributed by atoms with Gasteiger partial charge in [-0.2, -0.15) is 0 Å². The number of hydrogen-bond donors (Lipinski definition) is 2. The molecule has 0 spiro atoms. The Balaban J connectivity index is 1.69. The van der Waals surface area contributed by atoms with Gasteiger partial charge in [0.05, 0.1) is 22.1 Å². The van der Waals surface area contributed by atoms with Gasteiger partial charge in [-0.15, -0.1) is 0 Å². The van der Waals surface area contributed by atoms with Gasteiger partial charge < -0.3 is 15.2 Å². The van der Waals surface area contributed by atoms with E-state index in [9.17, 15) is 27.9 Å². The number of rotatable bonds is 13. The van der Waals surface area contributed by atoms with Crippen molar-refractivity contribution in [1.82, 2.24) is 15.0 Å². The molecule has 1 aromatic heterocycles. The Kier molecular flexibility index (Phi) is 10.1. The lowest BCUT2D eigenvalue weighted by molar-refractivity contribution is -0.255. The lowest BCUT2D eigenvalue weighted by atomic mass is 10.0. The molecule has 3 aromatic rings. The van der Waals surface area contributed by atoms with Crippen LogP contribution in [0.1, 0.15) is 81.4 Å². The smallest absolute Gasteiger partial charge is 0.266 e. The van der Waals surface area contributed by atoms with Crippen molar-refractivity contribution in [2.75, 3.05) is 0 Å². The topological polar surface area (TPSA) is 145 Å². The van der Waals surface area contributed by atoms with Gasteiger partial charge >= 0.3 is 0 Å². The molecular weight excluding hydrogens is 506 g/mol. The molecule has 2 N–H and O–H groups in total. The summed E-state index contributed by atoms with van der Waals surface area (Å²) in [6, 6.07) is 15.8. The van der Waals surface area contributed by atoms with Gasteiger partial charge in [0.1, 0.15) is 0 Å². The number of aromatic nitrogens is 1. The highest BCUT2D eigenvalue weighted by atomic mass is 32.2. The summed E-state index contributed by atoms with van der Waals surface area (Å²) in [4.78, 5) is 40.1. The van der Waals surface area contributed by atoms with Crippen LogP contribution in [-0.4, -0.2) is 31.2 Å². The molecule has 3 rings (SSSR count). The van der Waals surface area contributed by atoms with E-state index in [0.29, 0.717) is 24.9 Å². The van der Waals surface area contributed by atoms with Crippen LogP contribution in [0.4, 0.5) is 0 Å². The molecule has 0 aliphatic carbocycles. The van der Waals surface area contributed by atoms with E-state index in [4.69, 9.17) is 0 Å². The molecule has 0 aliphatic heterocycles. The number of aryl methyl sites for hydroxylation is 1. The SMILES string of the molecule is CCCCCCCc1cc(C(=O)[O-])ncc1C(=O)NS(=O)(=O)c1ccc(C(=O)NCc2ccccc2)cc1. The van der Waals surface area contributed by atoms with Gasteiger partial charge in [-0.3, -0.25) is 14.6 Å². The van der Waals surface area contributed by atoms with Crippen LogP contribution < -0.4 is 15.1 Å². The highest BCUT2D eigenvalue weighted by Gasteiger charge is 2.22. The second-order valence-corrected chi connectivity index (χ2v) is 10.5. The third kappa shape index (κ3) is 7.97. The van der Waals surface area contributed by atoms with Crippen LogP contribution in [0.5, 0.6) is 0 Å². The van der Waals surface area contributed by atoms with Crippen molar-refractivity contribution in [3.8, 4) is 0 Å². The Bertz CT molecular complexity index is 1370. The first-order valence-corrected chi connectivity index (χ1v) is 13.9. The molecule has 2 amide bonds. The van der Waals surface area contributed by atoms with Crippen molar-refractivity contribution >= 4 is 27.8 Å². The largest absolute Gasteiger partial charge is 0.543 e. The number of sulfonamides is 1.